The number of aromatic hydroxyl groups is 1. The molecule has 0 radical (unpaired) electrons. The van der Waals surface area contributed by atoms with Gasteiger partial charge in [0.1, 0.15) is 11.3 Å². The van der Waals surface area contributed by atoms with Gasteiger partial charge in [0, 0.05) is 17.8 Å². The van der Waals surface area contributed by atoms with Gasteiger partial charge in [0.2, 0.25) is 0 Å². The van der Waals surface area contributed by atoms with Crippen molar-refractivity contribution in [3.8, 4) is 5.75 Å². The molecule has 1 atom stereocenters. The highest BCUT2D eigenvalue weighted by atomic mass is 16.4. The Morgan fingerprint density at radius 1 is 1.04 bits per heavy atom. The van der Waals surface area contributed by atoms with Crippen LogP contribution in [0.2, 0.25) is 0 Å². The molecule has 2 rings (SSSR count). The Kier molecular flexibility index (Phi) is 5.50. The van der Waals surface area contributed by atoms with Gasteiger partial charge in [-0.3, -0.25) is 9.88 Å². The van der Waals surface area contributed by atoms with Gasteiger partial charge in [0.05, 0.1) is 6.54 Å². The Bertz CT molecular complexity index is 799. The number of phenolic OH excluding ortho intramolecular Hbond substituents is 1. The van der Waals surface area contributed by atoms with Crippen LogP contribution in [0, 0.1) is 13.8 Å². The van der Waals surface area contributed by atoms with Crippen LogP contribution in [0.15, 0.2) is 36.4 Å². The second-order valence-electron chi connectivity index (χ2n) is 6.55. The molecule has 0 bridgehead atoms. The number of nitrogens with zero attached hydrogens (tertiary/aromatic N) is 2. The molecule has 1 heterocycles. The molecule has 0 unspecified atom stereocenters. The highest BCUT2D eigenvalue weighted by Crippen LogP contribution is 2.25. The van der Waals surface area contributed by atoms with Crippen molar-refractivity contribution in [1.82, 2.24) is 9.88 Å². The third-order valence-electron chi connectivity index (χ3n) is 4.25. The monoisotopic (exact) mass is 358 g/mol. The first-order valence-electron chi connectivity index (χ1n) is 8.08. The molecule has 0 aliphatic heterocycles. The molecule has 3 N–H and O–H groups in total. The maximum absolute atomic E-state index is 12.0. The SMILES string of the molecule is Cc1cc(CN(C(=O)O)[C@@](C)(Cc2ccc(O)cc2)C(=O)O)cc(C)n1. The van der Waals surface area contributed by atoms with Gasteiger partial charge in [0.25, 0.3) is 0 Å². The number of aliphatic carboxylic acids is 1. The third-order valence-corrected chi connectivity index (χ3v) is 4.25. The van der Waals surface area contributed by atoms with Gasteiger partial charge in [0.15, 0.2) is 0 Å². The summed E-state index contributed by atoms with van der Waals surface area (Å²) in [6.07, 6.45) is -1.35. The first-order chi connectivity index (χ1) is 12.1. The smallest absolute Gasteiger partial charge is 0.408 e. The topological polar surface area (TPSA) is 111 Å². The zero-order valence-corrected chi connectivity index (χ0v) is 14.9. The molecule has 0 aliphatic rings. The van der Waals surface area contributed by atoms with E-state index in [1.165, 1.54) is 19.1 Å². The second kappa shape index (κ2) is 7.43. The van der Waals surface area contributed by atoms with Crippen LogP contribution >= 0.6 is 0 Å². The summed E-state index contributed by atoms with van der Waals surface area (Å²) in [5.74, 6) is -1.18. The molecular formula is C19H22N2O5. The van der Waals surface area contributed by atoms with Crippen LogP contribution in [0.1, 0.15) is 29.4 Å². The van der Waals surface area contributed by atoms with E-state index in [-0.39, 0.29) is 18.7 Å². The second-order valence-corrected chi connectivity index (χ2v) is 6.55. The summed E-state index contributed by atoms with van der Waals surface area (Å²) < 4.78 is 0. The van der Waals surface area contributed by atoms with E-state index in [1.54, 1.807) is 38.1 Å². The Hall–Kier alpha value is -3.09. The number of carboxylic acids is 1. The third kappa shape index (κ3) is 4.30. The molecule has 1 amide bonds. The van der Waals surface area contributed by atoms with Gasteiger partial charge in [-0.15, -0.1) is 0 Å². The lowest BCUT2D eigenvalue weighted by molar-refractivity contribution is -0.149. The highest BCUT2D eigenvalue weighted by Gasteiger charge is 2.42. The van der Waals surface area contributed by atoms with Crippen molar-refractivity contribution in [2.24, 2.45) is 0 Å². The van der Waals surface area contributed by atoms with Crippen molar-refractivity contribution >= 4 is 12.1 Å². The molecular weight excluding hydrogens is 336 g/mol. The standard InChI is InChI=1S/C19H22N2O5/c1-12-8-15(9-13(2)20-12)11-21(18(25)26)19(3,17(23)24)10-14-4-6-16(22)7-5-14/h4-9,22H,10-11H2,1-3H3,(H,23,24)(H,25,26)/t19-/m0/s1. The summed E-state index contributed by atoms with van der Waals surface area (Å²) in [4.78, 5) is 29.1. The normalized spacial score (nSPS) is 13.0. The van der Waals surface area contributed by atoms with Crippen LogP contribution in [-0.4, -0.2) is 42.8 Å². The number of benzene rings is 1. The number of pyridine rings is 1. The summed E-state index contributed by atoms with van der Waals surface area (Å²) in [5, 5.41) is 28.9. The van der Waals surface area contributed by atoms with E-state index < -0.39 is 17.6 Å². The van der Waals surface area contributed by atoms with Crippen molar-refractivity contribution in [2.75, 3.05) is 0 Å². The molecule has 26 heavy (non-hydrogen) atoms. The molecule has 0 saturated heterocycles. The fraction of sp³-hybridized carbons (Fsp3) is 0.316. The number of aryl methyl sites for hydroxylation is 2. The van der Waals surface area contributed by atoms with E-state index in [0.29, 0.717) is 11.1 Å². The number of carboxylic acid groups (broad SMARTS) is 2. The first-order valence-corrected chi connectivity index (χ1v) is 8.08. The van der Waals surface area contributed by atoms with E-state index >= 15 is 0 Å². The minimum Gasteiger partial charge on any atom is -0.508 e. The maximum Gasteiger partial charge on any atom is 0.408 e. The summed E-state index contributed by atoms with van der Waals surface area (Å²) >= 11 is 0. The fourth-order valence-corrected chi connectivity index (χ4v) is 2.95. The summed E-state index contributed by atoms with van der Waals surface area (Å²) in [6.45, 7) is 4.92. The predicted octanol–water partition coefficient (Wildman–Crippen LogP) is 2.97. The van der Waals surface area contributed by atoms with Crippen LogP contribution in [0.25, 0.3) is 0 Å². The number of phenols is 1. The molecule has 2 aromatic rings. The van der Waals surface area contributed by atoms with E-state index in [9.17, 15) is 24.9 Å². The van der Waals surface area contributed by atoms with Crippen LogP contribution in [0.4, 0.5) is 4.79 Å². The van der Waals surface area contributed by atoms with Gasteiger partial charge in [-0.25, -0.2) is 9.59 Å². The highest BCUT2D eigenvalue weighted by molar-refractivity contribution is 5.84. The molecule has 0 saturated carbocycles. The quantitative estimate of drug-likeness (QED) is 0.732. The zero-order chi connectivity index (χ0) is 19.5. The van der Waals surface area contributed by atoms with Crippen LogP contribution in [0.3, 0.4) is 0 Å². The van der Waals surface area contributed by atoms with Gasteiger partial charge in [-0.1, -0.05) is 12.1 Å². The van der Waals surface area contributed by atoms with E-state index in [4.69, 9.17) is 0 Å². The Labute approximate surface area is 151 Å². The van der Waals surface area contributed by atoms with Crippen molar-refractivity contribution in [2.45, 2.75) is 39.3 Å². The first kappa shape index (κ1) is 19.2. The Balaban J connectivity index is 2.39. The molecule has 0 aliphatic carbocycles. The van der Waals surface area contributed by atoms with Gasteiger partial charge < -0.3 is 15.3 Å². The van der Waals surface area contributed by atoms with Crippen molar-refractivity contribution < 1.29 is 24.9 Å². The van der Waals surface area contributed by atoms with Crippen molar-refractivity contribution in [3.05, 3.63) is 58.9 Å². The summed E-state index contributed by atoms with van der Waals surface area (Å²) in [5.41, 5.74) is 1.09. The van der Waals surface area contributed by atoms with Crippen LogP contribution in [0.5, 0.6) is 5.75 Å². The average molecular weight is 358 g/mol. The molecule has 138 valence electrons. The lowest BCUT2D eigenvalue weighted by Crippen LogP contribution is -2.55. The molecule has 0 fully saturated rings. The zero-order valence-electron chi connectivity index (χ0n) is 14.9. The predicted molar refractivity (Wildman–Crippen MR) is 95.1 cm³/mol. The van der Waals surface area contributed by atoms with Crippen LogP contribution < -0.4 is 0 Å². The van der Waals surface area contributed by atoms with Crippen molar-refractivity contribution in [1.29, 1.82) is 0 Å². The Morgan fingerprint density at radius 3 is 2.04 bits per heavy atom. The molecule has 1 aromatic carbocycles. The maximum atomic E-state index is 12.0. The van der Waals surface area contributed by atoms with Gasteiger partial charge >= 0.3 is 12.1 Å². The largest absolute Gasteiger partial charge is 0.508 e. The number of amides is 1. The lowest BCUT2D eigenvalue weighted by atomic mass is 9.90. The van der Waals surface area contributed by atoms with E-state index in [0.717, 1.165) is 16.3 Å². The minimum absolute atomic E-state index is 0.0298. The Morgan fingerprint density at radius 2 is 1.58 bits per heavy atom. The molecule has 0 spiro atoms. The molecule has 7 nitrogen and oxygen atoms in total. The number of hydrogen-bond acceptors (Lipinski definition) is 4. The van der Waals surface area contributed by atoms with Gasteiger partial charge in [-0.05, 0) is 56.2 Å². The summed E-state index contributed by atoms with van der Waals surface area (Å²) in [6, 6.07) is 9.53. The number of aromatic nitrogens is 1. The fourth-order valence-electron chi connectivity index (χ4n) is 2.95. The average Bonchev–Trinajstić information content (AvgIpc) is 2.53. The van der Waals surface area contributed by atoms with Gasteiger partial charge in [-0.2, -0.15) is 0 Å². The molecule has 7 heteroatoms. The number of hydrogen-bond donors (Lipinski definition) is 3. The minimum atomic E-state index is -1.67. The van der Waals surface area contributed by atoms with Crippen molar-refractivity contribution in [3.63, 3.8) is 0 Å². The number of rotatable bonds is 6. The lowest BCUT2D eigenvalue weighted by Gasteiger charge is -2.36. The number of carbonyl (C=O) groups is 2. The van der Waals surface area contributed by atoms with E-state index in [1.807, 2.05) is 0 Å². The van der Waals surface area contributed by atoms with Crippen LogP contribution in [-0.2, 0) is 17.8 Å². The summed E-state index contributed by atoms with van der Waals surface area (Å²) in [7, 11) is 0. The molecule has 1 aromatic heterocycles. The van der Waals surface area contributed by atoms with E-state index in [2.05, 4.69) is 4.98 Å².